The summed E-state index contributed by atoms with van der Waals surface area (Å²) in [6, 6.07) is 23.7. The zero-order valence-corrected chi connectivity index (χ0v) is 19.3. The minimum Gasteiger partial charge on any atom is -0.326 e. The molecule has 1 saturated heterocycles. The van der Waals surface area contributed by atoms with E-state index >= 15 is 0 Å². The number of carbonyl (C=O) groups excluding carboxylic acids is 2. The molecule has 1 fully saturated rings. The van der Waals surface area contributed by atoms with Crippen LogP contribution in [-0.4, -0.2) is 22.2 Å². The standard InChI is InChI=1S/C23H17BrClN3O2S/c24-15-6-10-17(11-7-15)26-21(29)14-20-22(30)28(19-4-2-1-3-5-19)23(31-20)27-18-12-8-16(25)9-13-18/h1-13,20H,14H2,(H,26,29). The maximum Gasteiger partial charge on any atom is 0.247 e. The summed E-state index contributed by atoms with van der Waals surface area (Å²) in [5, 5.41) is 3.42. The SMILES string of the molecule is O=C(CC1SC(=Nc2ccc(Cl)cc2)N(c2ccccc2)C1=O)Nc1ccc(Br)cc1. The molecule has 0 radical (unpaired) electrons. The number of anilines is 2. The van der Waals surface area contributed by atoms with Gasteiger partial charge in [-0.2, -0.15) is 0 Å². The summed E-state index contributed by atoms with van der Waals surface area (Å²) in [4.78, 5) is 32.0. The molecule has 1 aliphatic rings. The number of thioether (sulfide) groups is 1. The smallest absolute Gasteiger partial charge is 0.247 e. The van der Waals surface area contributed by atoms with E-state index in [4.69, 9.17) is 11.6 Å². The molecule has 8 heteroatoms. The van der Waals surface area contributed by atoms with Crippen LogP contribution < -0.4 is 10.2 Å². The van der Waals surface area contributed by atoms with E-state index in [2.05, 4.69) is 26.2 Å². The van der Waals surface area contributed by atoms with Crippen molar-refractivity contribution in [2.75, 3.05) is 10.2 Å². The second-order valence-corrected chi connectivity index (χ2v) is 9.27. The van der Waals surface area contributed by atoms with E-state index < -0.39 is 5.25 Å². The van der Waals surface area contributed by atoms with Gasteiger partial charge in [-0.25, -0.2) is 4.99 Å². The first kappa shape index (κ1) is 21.6. The molecular formula is C23H17BrClN3O2S. The topological polar surface area (TPSA) is 61.8 Å². The number of aliphatic imine (C=N–C) groups is 1. The molecule has 0 spiro atoms. The summed E-state index contributed by atoms with van der Waals surface area (Å²) in [5.41, 5.74) is 2.07. The average molecular weight is 515 g/mol. The van der Waals surface area contributed by atoms with Crippen LogP contribution in [0.3, 0.4) is 0 Å². The van der Waals surface area contributed by atoms with Gasteiger partial charge in [0.05, 0.1) is 11.4 Å². The van der Waals surface area contributed by atoms with E-state index in [0.717, 1.165) is 4.47 Å². The maximum absolute atomic E-state index is 13.2. The number of benzene rings is 3. The van der Waals surface area contributed by atoms with Crippen molar-refractivity contribution in [1.29, 1.82) is 0 Å². The minimum atomic E-state index is -0.568. The van der Waals surface area contributed by atoms with E-state index in [9.17, 15) is 9.59 Å². The van der Waals surface area contributed by atoms with Crippen LogP contribution >= 0.6 is 39.3 Å². The highest BCUT2D eigenvalue weighted by Crippen LogP contribution is 2.35. The second kappa shape index (κ2) is 9.68. The third-order valence-electron chi connectivity index (χ3n) is 4.50. The molecule has 1 unspecified atom stereocenters. The van der Waals surface area contributed by atoms with Crippen molar-refractivity contribution >= 4 is 73.3 Å². The zero-order valence-electron chi connectivity index (χ0n) is 16.2. The molecule has 5 nitrogen and oxygen atoms in total. The monoisotopic (exact) mass is 513 g/mol. The quantitative estimate of drug-likeness (QED) is 0.437. The van der Waals surface area contributed by atoms with Crippen molar-refractivity contribution < 1.29 is 9.59 Å². The molecule has 0 saturated carbocycles. The molecule has 0 aliphatic carbocycles. The molecule has 156 valence electrons. The van der Waals surface area contributed by atoms with Gasteiger partial charge in [0.15, 0.2) is 5.17 Å². The molecule has 1 aliphatic heterocycles. The van der Waals surface area contributed by atoms with Gasteiger partial charge in [-0.1, -0.05) is 57.5 Å². The fourth-order valence-electron chi connectivity index (χ4n) is 3.03. The first-order chi connectivity index (χ1) is 15.0. The Morgan fingerprint density at radius 1 is 1.03 bits per heavy atom. The summed E-state index contributed by atoms with van der Waals surface area (Å²) in [6.07, 6.45) is 0.0442. The van der Waals surface area contributed by atoms with E-state index in [-0.39, 0.29) is 18.2 Å². The number of nitrogens with zero attached hydrogens (tertiary/aromatic N) is 2. The largest absolute Gasteiger partial charge is 0.326 e. The normalized spacial score (nSPS) is 17.2. The Bertz CT molecular complexity index is 1120. The number of amides is 2. The Kier molecular flexibility index (Phi) is 6.75. The van der Waals surface area contributed by atoms with Gasteiger partial charge in [0.2, 0.25) is 11.8 Å². The lowest BCUT2D eigenvalue weighted by atomic mass is 10.2. The molecule has 0 bridgehead atoms. The lowest BCUT2D eigenvalue weighted by molar-refractivity contribution is -0.121. The van der Waals surface area contributed by atoms with Gasteiger partial charge in [-0.3, -0.25) is 14.5 Å². The summed E-state index contributed by atoms with van der Waals surface area (Å²) in [7, 11) is 0. The third-order valence-corrected chi connectivity index (χ3v) is 6.42. The van der Waals surface area contributed by atoms with Crippen molar-refractivity contribution in [3.8, 4) is 0 Å². The molecule has 3 aromatic rings. The third kappa shape index (κ3) is 5.36. The van der Waals surface area contributed by atoms with Gasteiger partial charge < -0.3 is 5.32 Å². The fraction of sp³-hybridized carbons (Fsp3) is 0.0870. The van der Waals surface area contributed by atoms with E-state index in [1.54, 1.807) is 41.3 Å². The molecule has 0 aromatic heterocycles. The van der Waals surface area contributed by atoms with Crippen molar-refractivity contribution in [2.24, 2.45) is 4.99 Å². The summed E-state index contributed by atoms with van der Waals surface area (Å²) < 4.78 is 0.925. The number of amidine groups is 1. The Morgan fingerprint density at radius 2 is 1.71 bits per heavy atom. The molecular weight excluding hydrogens is 498 g/mol. The maximum atomic E-state index is 13.2. The summed E-state index contributed by atoms with van der Waals surface area (Å²) in [5.74, 6) is -0.399. The predicted octanol–water partition coefficient (Wildman–Crippen LogP) is 6.27. The van der Waals surface area contributed by atoms with Gasteiger partial charge in [0.1, 0.15) is 5.25 Å². The van der Waals surface area contributed by atoms with Gasteiger partial charge >= 0.3 is 0 Å². The number of nitrogens with one attached hydrogen (secondary N) is 1. The highest BCUT2D eigenvalue weighted by Gasteiger charge is 2.40. The first-order valence-electron chi connectivity index (χ1n) is 9.45. The van der Waals surface area contributed by atoms with Crippen molar-refractivity contribution in [3.05, 3.63) is 88.4 Å². The number of para-hydroxylation sites is 1. The summed E-state index contributed by atoms with van der Waals surface area (Å²) in [6.45, 7) is 0. The van der Waals surface area contributed by atoms with Crippen LogP contribution in [0.15, 0.2) is 88.3 Å². The molecule has 1 heterocycles. The lowest BCUT2D eigenvalue weighted by Gasteiger charge is -2.16. The fourth-order valence-corrected chi connectivity index (χ4v) is 4.57. The number of hydrogen-bond donors (Lipinski definition) is 1. The Hall–Kier alpha value is -2.61. The summed E-state index contributed by atoms with van der Waals surface area (Å²) >= 11 is 10.6. The van der Waals surface area contributed by atoms with Gasteiger partial charge in [-0.15, -0.1) is 0 Å². The molecule has 1 N–H and O–H groups in total. The van der Waals surface area contributed by atoms with Crippen LogP contribution in [0.1, 0.15) is 6.42 Å². The van der Waals surface area contributed by atoms with Gasteiger partial charge in [-0.05, 0) is 60.7 Å². The molecule has 4 rings (SSSR count). The number of carbonyl (C=O) groups is 2. The molecule has 1 atom stereocenters. The minimum absolute atomic E-state index is 0.0442. The Balaban J connectivity index is 1.56. The van der Waals surface area contributed by atoms with Crippen LogP contribution in [0.4, 0.5) is 17.1 Å². The van der Waals surface area contributed by atoms with E-state index in [1.165, 1.54) is 11.8 Å². The second-order valence-electron chi connectivity index (χ2n) is 6.75. The molecule has 31 heavy (non-hydrogen) atoms. The zero-order chi connectivity index (χ0) is 21.8. The van der Waals surface area contributed by atoms with Crippen LogP contribution in [-0.2, 0) is 9.59 Å². The van der Waals surface area contributed by atoms with E-state index in [0.29, 0.717) is 27.3 Å². The average Bonchev–Trinajstić information content (AvgIpc) is 3.06. The van der Waals surface area contributed by atoms with E-state index in [1.807, 2.05) is 42.5 Å². The van der Waals surface area contributed by atoms with Crippen LogP contribution in [0, 0.1) is 0 Å². The van der Waals surface area contributed by atoms with Crippen molar-refractivity contribution in [2.45, 2.75) is 11.7 Å². The van der Waals surface area contributed by atoms with Crippen molar-refractivity contribution in [3.63, 3.8) is 0 Å². The Labute approximate surface area is 197 Å². The van der Waals surface area contributed by atoms with Gasteiger partial charge in [0.25, 0.3) is 0 Å². The van der Waals surface area contributed by atoms with Crippen LogP contribution in [0.25, 0.3) is 0 Å². The first-order valence-corrected chi connectivity index (χ1v) is 11.5. The van der Waals surface area contributed by atoms with Gasteiger partial charge in [0, 0.05) is 21.6 Å². The highest BCUT2D eigenvalue weighted by molar-refractivity contribution is 9.10. The predicted molar refractivity (Wildman–Crippen MR) is 131 cm³/mol. The number of rotatable bonds is 5. The van der Waals surface area contributed by atoms with Crippen LogP contribution in [0.2, 0.25) is 5.02 Å². The number of halogens is 2. The Morgan fingerprint density at radius 3 is 2.39 bits per heavy atom. The molecule has 3 aromatic carbocycles. The van der Waals surface area contributed by atoms with Crippen LogP contribution in [0.5, 0.6) is 0 Å². The lowest BCUT2D eigenvalue weighted by Crippen LogP contribution is -2.33. The molecule has 2 amide bonds. The number of hydrogen-bond acceptors (Lipinski definition) is 4. The highest BCUT2D eigenvalue weighted by atomic mass is 79.9. The van der Waals surface area contributed by atoms with Crippen molar-refractivity contribution in [1.82, 2.24) is 0 Å².